The maximum Gasteiger partial charge on any atom is 0.294 e. The number of hydrogen-bond donors (Lipinski definition) is 1. The summed E-state index contributed by atoms with van der Waals surface area (Å²) in [6, 6.07) is 19.2. The SMILES string of the molecule is CCOc1ccc(NC(=O)CN2C(=O)S/C(=C/c3ccc(-c4ccccc4C#N)o3)C2=O)cc1. The number of benzene rings is 2. The van der Waals surface area contributed by atoms with Crippen LogP contribution in [-0.4, -0.2) is 35.1 Å². The third-order valence-electron chi connectivity index (χ3n) is 4.84. The van der Waals surface area contributed by atoms with Crippen LogP contribution in [0.25, 0.3) is 17.4 Å². The first kappa shape index (κ1) is 22.9. The zero-order valence-corrected chi connectivity index (χ0v) is 18.9. The fraction of sp³-hybridized carbons (Fsp3) is 0.120. The number of carbonyl (C=O) groups is 3. The normalized spacial score (nSPS) is 14.4. The molecule has 1 saturated heterocycles. The molecule has 9 heteroatoms. The molecule has 0 atom stereocenters. The van der Waals surface area contributed by atoms with Crippen LogP contribution in [0.4, 0.5) is 10.5 Å². The zero-order valence-electron chi connectivity index (χ0n) is 18.1. The predicted octanol–water partition coefficient (Wildman–Crippen LogP) is 4.89. The van der Waals surface area contributed by atoms with Gasteiger partial charge in [-0.3, -0.25) is 19.3 Å². The molecular formula is C25H19N3O5S. The molecule has 0 spiro atoms. The number of thioether (sulfide) groups is 1. The van der Waals surface area contributed by atoms with Gasteiger partial charge in [0, 0.05) is 17.3 Å². The molecule has 2 heterocycles. The number of ether oxygens (including phenoxy) is 1. The fourth-order valence-corrected chi connectivity index (χ4v) is 4.10. The average Bonchev–Trinajstić information content (AvgIpc) is 3.40. The monoisotopic (exact) mass is 473 g/mol. The summed E-state index contributed by atoms with van der Waals surface area (Å²) in [5.41, 5.74) is 1.61. The van der Waals surface area contributed by atoms with Gasteiger partial charge in [0.2, 0.25) is 5.91 Å². The number of nitriles is 1. The molecular weight excluding hydrogens is 454 g/mol. The van der Waals surface area contributed by atoms with Gasteiger partial charge in [-0.1, -0.05) is 12.1 Å². The molecule has 1 aromatic heterocycles. The summed E-state index contributed by atoms with van der Waals surface area (Å²) in [5, 5.41) is 11.4. The van der Waals surface area contributed by atoms with Gasteiger partial charge in [-0.2, -0.15) is 5.26 Å². The van der Waals surface area contributed by atoms with Crippen LogP contribution in [0.5, 0.6) is 5.75 Å². The highest BCUT2D eigenvalue weighted by Crippen LogP contribution is 2.33. The van der Waals surface area contributed by atoms with Crippen LogP contribution in [0.2, 0.25) is 0 Å². The van der Waals surface area contributed by atoms with E-state index in [1.807, 2.05) is 6.92 Å². The number of amides is 3. The van der Waals surface area contributed by atoms with Gasteiger partial charge in [-0.15, -0.1) is 0 Å². The van der Waals surface area contributed by atoms with Crippen LogP contribution in [-0.2, 0) is 9.59 Å². The van der Waals surface area contributed by atoms with Crippen molar-refractivity contribution in [2.45, 2.75) is 6.92 Å². The predicted molar refractivity (Wildman–Crippen MR) is 128 cm³/mol. The lowest BCUT2D eigenvalue weighted by atomic mass is 10.1. The summed E-state index contributed by atoms with van der Waals surface area (Å²) in [6.45, 7) is 2.00. The topological polar surface area (TPSA) is 113 Å². The van der Waals surface area contributed by atoms with Gasteiger partial charge in [-0.25, -0.2) is 0 Å². The second kappa shape index (κ2) is 10.1. The van der Waals surface area contributed by atoms with E-state index in [1.165, 1.54) is 6.08 Å². The number of carbonyl (C=O) groups excluding carboxylic acids is 3. The maximum atomic E-state index is 12.7. The van der Waals surface area contributed by atoms with Gasteiger partial charge in [0.1, 0.15) is 23.8 Å². The quantitative estimate of drug-likeness (QED) is 0.486. The first-order valence-electron chi connectivity index (χ1n) is 10.4. The van der Waals surface area contributed by atoms with Gasteiger partial charge >= 0.3 is 0 Å². The highest BCUT2D eigenvalue weighted by molar-refractivity contribution is 8.18. The van der Waals surface area contributed by atoms with Gasteiger partial charge in [0.15, 0.2) is 0 Å². The Kier molecular flexibility index (Phi) is 6.80. The smallest absolute Gasteiger partial charge is 0.294 e. The Bertz CT molecular complexity index is 1320. The molecule has 3 amide bonds. The second-order valence-electron chi connectivity index (χ2n) is 7.13. The Morgan fingerprint density at radius 3 is 2.65 bits per heavy atom. The Hall–Kier alpha value is -4.29. The number of furan rings is 1. The molecule has 0 unspecified atom stereocenters. The standard InChI is InChI=1S/C25H19N3O5S/c1-2-32-18-9-7-17(8-10-18)27-23(29)15-28-24(30)22(34-25(28)31)13-19-11-12-21(33-19)20-6-4-3-5-16(20)14-26/h3-13H,2,15H2,1H3,(H,27,29)/b22-13+. The summed E-state index contributed by atoms with van der Waals surface area (Å²) in [4.78, 5) is 38.5. The van der Waals surface area contributed by atoms with Crippen LogP contribution in [0.3, 0.4) is 0 Å². The van der Waals surface area contributed by atoms with E-state index in [0.717, 1.165) is 16.7 Å². The van der Waals surface area contributed by atoms with E-state index in [-0.39, 0.29) is 4.91 Å². The van der Waals surface area contributed by atoms with Crippen molar-refractivity contribution >= 4 is 40.6 Å². The molecule has 2 aromatic carbocycles. The maximum absolute atomic E-state index is 12.7. The Labute approximate surface area is 199 Å². The minimum Gasteiger partial charge on any atom is -0.494 e. The van der Waals surface area contributed by atoms with Crippen molar-refractivity contribution < 1.29 is 23.5 Å². The summed E-state index contributed by atoms with van der Waals surface area (Å²) >= 11 is 0.735. The molecule has 1 N–H and O–H groups in total. The molecule has 1 aliphatic heterocycles. The van der Waals surface area contributed by atoms with Crippen molar-refractivity contribution in [3.05, 3.63) is 76.9 Å². The minimum absolute atomic E-state index is 0.147. The van der Waals surface area contributed by atoms with E-state index in [4.69, 9.17) is 9.15 Å². The average molecular weight is 474 g/mol. The lowest BCUT2D eigenvalue weighted by Gasteiger charge is -2.12. The van der Waals surface area contributed by atoms with Crippen molar-refractivity contribution in [2.75, 3.05) is 18.5 Å². The molecule has 1 fully saturated rings. The lowest BCUT2D eigenvalue weighted by Crippen LogP contribution is -2.36. The molecule has 0 bridgehead atoms. The highest BCUT2D eigenvalue weighted by Gasteiger charge is 2.36. The van der Waals surface area contributed by atoms with Gasteiger partial charge in [0.05, 0.1) is 23.1 Å². The van der Waals surface area contributed by atoms with Gasteiger partial charge < -0.3 is 14.5 Å². The van der Waals surface area contributed by atoms with Gasteiger partial charge in [-0.05, 0) is 67.2 Å². The van der Waals surface area contributed by atoms with Crippen LogP contribution in [0.15, 0.2) is 70.0 Å². The van der Waals surface area contributed by atoms with Crippen LogP contribution < -0.4 is 10.1 Å². The number of hydrogen-bond acceptors (Lipinski definition) is 7. The van der Waals surface area contributed by atoms with Crippen LogP contribution >= 0.6 is 11.8 Å². The summed E-state index contributed by atoms with van der Waals surface area (Å²) in [5.74, 6) is 0.423. The Balaban J connectivity index is 1.43. The van der Waals surface area contributed by atoms with E-state index in [0.29, 0.717) is 40.7 Å². The molecule has 3 aromatic rings. The summed E-state index contributed by atoms with van der Waals surface area (Å²) in [6.07, 6.45) is 1.45. The molecule has 0 radical (unpaired) electrons. The second-order valence-corrected chi connectivity index (χ2v) is 8.13. The highest BCUT2D eigenvalue weighted by atomic mass is 32.2. The molecule has 0 aliphatic carbocycles. The fourth-order valence-electron chi connectivity index (χ4n) is 3.28. The van der Waals surface area contributed by atoms with Crippen molar-refractivity contribution in [1.82, 2.24) is 4.90 Å². The third-order valence-corrected chi connectivity index (χ3v) is 5.74. The van der Waals surface area contributed by atoms with E-state index in [1.54, 1.807) is 60.7 Å². The molecule has 0 saturated carbocycles. The van der Waals surface area contributed by atoms with Gasteiger partial charge in [0.25, 0.3) is 11.1 Å². The van der Waals surface area contributed by atoms with E-state index in [9.17, 15) is 19.6 Å². The van der Waals surface area contributed by atoms with Crippen molar-refractivity contribution in [2.24, 2.45) is 0 Å². The summed E-state index contributed by atoms with van der Waals surface area (Å²) in [7, 11) is 0. The number of nitrogens with zero attached hydrogens (tertiary/aromatic N) is 2. The van der Waals surface area contributed by atoms with Crippen molar-refractivity contribution in [1.29, 1.82) is 5.26 Å². The number of anilines is 1. The van der Waals surface area contributed by atoms with E-state index in [2.05, 4.69) is 11.4 Å². The van der Waals surface area contributed by atoms with E-state index < -0.39 is 23.6 Å². The van der Waals surface area contributed by atoms with Crippen LogP contribution in [0.1, 0.15) is 18.2 Å². The number of imide groups is 1. The molecule has 1 aliphatic rings. The van der Waals surface area contributed by atoms with E-state index >= 15 is 0 Å². The first-order valence-corrected chi connectivity index (χ1v) is 11.2. The van der Waals surface area contributed by atoms with Crippen molar-refractivity contribution in [3.63, 3.8) is 0 Å². The molecule has 34 heavy (non-hydrogen) atoms. The number of rotatable bonds is 7. The van der Waals surface area contributed by atoms with Crippen molar-refractivity contribution in [3.8, 4) is 23.1 Å². The molecule has 170 valence electrons. The first-order chi connectivity index (χ1) is 16.5. The third kappa shape index (κ3) is 5.03. The minimum atomic E-state index is -0.577. The Morgan fingerprint density at radius 2 is 1.91 bits per heavy atom. The Morgan fingerprint density at radius 1 is 1.15 bits per heavy atom. The largest absolute Gasteiger partial charge is 0.494 e. The summed E-state index contributed by atoms with van der Waals surface area (Å²) < 4.78 is 11.1. The lowest BCUT2D eigenvalue weighted by molar-refractivity contribution is -0.127. The zero-order chi connectivity index (χ0) is 24.1. The molecule has 4 rings (SSSR count). The van der Waals surface area contributed by atoms with Crippen LogP contribution in [0, 0.1) is 11.3 Å². The number of nitrogens with one attached hydrogen (secondary N) is 1. The molecule has 8 nitrogen and oxygen atoms in total.